The number of carbonyl (C=O) groups excluding carboxylic acids is 1. The molecule has 1 saturated carbocycles. The van der Waals surface area contributed by atoms with E-state index in [0.717, 1.165) is 18.3 Å². The molecule has 2 aromatic rings. The number of aliphatic hydroxyl groups excluding tert-OH is 1. The number of Topliss-reactive ketones (excluding diaryl/α,β-unsaturated/α-hetero) is 1. The number of ketones is 1. The fraction of sp³-hybridized carbons (Fsp3) is 0.409. The topological polar surface area (TPSA) is 123 Å². The summed E-state index contributed by atoms with van der Waals surface area (Å²) in [5, 5.41) is 9.92. The molecule has 4 rings (SSSR count). The SMILES string of the molecule is C[C@@]1(c2cc(CC(=O)c3ccc(F)cn3)ccc2F)CS(=O)(=O)C2(CCC(O)C2)C(N)=N1. The Balaban J connectivity index is 1.69. The second-order valence-corrected chi connectivity index (χ2v) is 11.0. The summed E-state index contributed by atoms with van der Waals surface area (Å²) in [6.45, 7) is 1.49. The molecule has 1 aromatic carbocycles. The Morgan fingerprint density at radius 2 is 2.03 bits per heavy atom. The number of amidine groups is 1. The highest BCUT2D eigenvalue weighted by molar-refractivity contribution is 7.93. The Bertz CT molecular complexity index is 1220. The minimum absolute atomic E-state index is 0.00906. The monoisotopic (exact) mass is 463 g/mol. The van der Waals surface area contributed by atoms with Gasteiger partial charge in [-0.25, -0.2) is 17.2 Å². The number of aliphatic imine (C=N–C) groups is 1. The molecule has 1 aliphatic heterocycles. The summed E-state index contributed by atoms with van der Waals surface area (Å²) in [4.78, 5) is 20.7. The van der Waals surface area contributed by atoms with Gasteiger partial charge in [0.15, 0.2) is 15.6 Å². The van der Waals surface area contributed by atoms with Crippen LogP contribution in [-0.4, -0.2) is 46.7 Å². The number of pyridine rings is 1. The van der Waals surface area contributed by atoms with Crippen molar-refractivity contribution in [2.24, 2.45) is 10.7 Å². The fourth-order valence-corrected chi connectivity index (χ4v) is 7.09. The zero-order chi connectivity index (χ0) is 23.3. The Kier molecular flexibility index (Phi) is 5.41. The predicted molar refractivity (Wildman–Crippen MR) is 114 cm³/mol. The van der Waals surface area contributed by atoms with Crippen molar-refractivity contribution in [1.29, 1.82) is 0 Å². The maximum atomic E-state index is 14.8. The molecule has 2 aliphatic rings. The number of aromatic nitrogens is 1. The molecule has 3 atom stereocenters. The summed E-state index contributed by atoms with van der Waals surface area (Å²) < 4.78 is 53.0. The smallest absolute Gasteiger partial charge is 0.185 e. The number of rotatable bonds is 4. The summed E-state index contributed by atoms with van der Waals surface area (Å²) in [7, 11) is -3.86. The van der Waals surface area contributed by atoms with Gasteiger partial charge in [0.25, 0.3) is 0 Å². The molecule has 1 aliphatic carbocycles. The summed E-state index contributed by atoms with van der Waals surface area (Å²) in [6.07, 6.45) is 0.463. The van der Waals surface area contributed by atoms with Crippen LogP contribution >= 0.6 is 0 Å². The van der Waals surface area contributed by atoms with E-state index in [1.54, 1.807) is 0 Å². The van der Waals surface area contributed by atoms with E-state index >= 15 is 0 Å². The normalized spacial score (nSPS) is 29.1. The van der Waals surface area contributed by atoms with Crippen LogP contribution in [0.25, 0.3) is 0 Å². The van der Waals surface area contributed by atoms with Gasteiger partial charge in [0.05, 0.1) is 18.1 Å². The van der Waals surface area contributed by atoms with E-state index in [0.29, 0.717) is 12.0 Å². The van der Waals surface area contributed by atoms with Crippen molar-refractivity contribution in [1.82, 2.24) is 4.98 Å². The Labute approximate surface area is 184 Å². The predicted octanol–water partition coefficient (Wildman–Crippen LogP) is 2.07. The Morgan fingerprint density at radius 1 is 1.28 bits per heavy atom. The van der Waals surface area contributed by atoms with Crippen LogP contribution < -0.4 is 5.73 Å². The lowest BCUT2D eigenvalue weighted by molar-refractivity contribution is 0.0988. The maximum absolute atomic E-state index is 14.8. The molecular weight excluding hydrogens is 440 g/mol. The van der Waals surface area contributed by atoms with Crippen molar-refractivity contribution >= 4 is 21.5 Å². The minimum Gasteiger partial charge on any atom is -0.393 e. The first kappa shape index (κ1) is 22.5. The number of sulfone groups is 1. The van der Waals surface area contributed by atoms with Crippen LogP contribution in [0.15, 0.2) is 41.5 Å². The first-order chi connectivity index (χ1) is 15.0. The van der Waals surface area contributed by atoms with Gasteiger partial charge in [-0.05, 0) is 49.6 Å². The number of nitrogens with zero attached hydrogens (tertiary/aromatic N) is 2. The molecule has 170 valence electrons. The second-order valence-electron chi connectivity index (χ2n) is 8.70. The van der Waals surface area contributed by atoms with Crippen LogP contribution in [0.4, 0.5) is 8.78 Å². The number of nitrogens with two attached hydrogens (primary N) is 1. The lowest BCUT2D eigenvalue weighted by atomic mass is 9.90. The zero-order valence-corrected chi connectivity index (χ0v) is 18.2. The molecule has 0 radical (unpaired) electrons. The second kappa shape index (κ2) is 7.70. The van der Waals surface area contributed by atoms with Crippen molar-refractivity contribution in [3.8, 4) is 0 Å². The van der Waals surface area contributed by atoms with Crippen molar-refractivity contribution in [3.05, 3.63) is 65.0 Å². The fourth-order valence-electron chi connectivity index (χ4n) is 4.62. The highest BCUT2D eigenvalue weighted by atomic mass is 32.2. The average molecular weight is 464 g/mol. The van der Waals surface area contributed by atoms with Crippen LogP contribution in [0.2, 0.25) is 0 Å². The van der Waals surface area contributed by atoms with Crippen molar-refractivity contribution in [3.63, 3.8) is 0 Å². The van der Waals surface area contributed by atoms with Crippen LogP contribution in [-0.2, 0) is 21.8 Å². The number of hydrogen-bond acceptors (Lipinski definition) is 7. The van der Waals surface area contributed by atoms with Gasteiger partial charge in [-0.3, -0.25) is 14.8 Å². The molecular formula is C22H23F2N3O4S. The van der Waals surface area contributed by atoms with Gasteiger partial charge in [0.1, 0.15) is 33.4 Å². The van der Waals surface area contributed by atoms with E-state index in [2.05, 4.69) is 9.98 Å². The number of halogens is 2. The van der Waals surface area contributed by atoms with Gasteiger partial charge in [-0.2, -0.15) is 0 Å². The number of benzene rings is 1. The first-order valence-corrected chi connectivity index (χ1v) is 11.8. The molecule has 32 heavy (non-hydrogen) atoms. The van der Waals surface area contributed by atoms with E-state index in [1.807, 2.05) is 0 Å². The van der Waals surface area contributed by atoms with Crippen LogP contribution in [0.5, 0.6) is 0 Å². The average Bonchev–Trinajstić information content (AvgIpc) is 3.12. The molecule has 0 bridgehead atoms. The third-order valence-electron chi connectivity index (χ3n) is 6.34. The minimum atomic E-state index is -3.86. The van der Waals surface area contributed by atoms with Gasteiger partial charge in [0, 0.05) is 18.4 Å². The first-order valence-electron chi connectivity index (χ1n) is 10.2. The van der Waals surface area contributed by atoms with Crippen molar-refractivity contribution in [2.45, 2.75) is 49.0 Å². The summed E-state index contributed by atoms with van der Waals surface area (Å²) >= 11 is 0. The Morgan fingerprint density at radius 3 is 2.62 bits per heavy atom. The van der Waals surface area contributed by atoms with E-state index in [4.69, 9.17) is 5.73 Å². The molecule has 0 amide bonds. The quantitative estimate of drug-likeness (QED) is 0.670. The van der Waals surface area contributed by atoms with E-state index in [1.165, 1.54) is 25.1 Å². The molecule has 10 heteroatoms. The van der Waals surface area contributed by atoms with Gasteiger partial charge in [0.2, 0.25) is 0 Å². The maximum Gasteiger partial charge on any atom is 0.185 e. The number of carbonyl (C=O) groups is 1. The largest absolute Gasteiger partial charge is 0.393 e. The summed E-state index contributed by atoms with van der Waals surface area (Å²) in [6, 6.07) is 6.37. The van der Waals surface area contributed by atoms with E-state index in [9.17, 15) is 27.1 Å². The third kappa shape index (κ3) is 3.71. The molecule has 1 aromatic heterocycles. The lowest BCUT2D eigenvalue weighted by Gasteiger charge is -2.39. The summed E-state index contributed by atoms with van der Waals surface area (Å²) in [5.74, 6) is -2.23. The standard InChI is InChI=1S/C22H23F2N3O4S/c1-21(12-32(30,31)22(20(25)27-21)7-6-15(28)10-22)16-8-13(2-4-17(16)24)9-19(29)18-5-3-14(23)11-26-18/h2-5,8,11,15,28H,6-7,9-10,12H2,1H3,(H2,25,27)/t15?,21-,22?/m0/s1. The van der Waals surface area contributed by atoms with Crippen LogP contribution in [0.1, 0.15) is 47.8 Å². The summed E-state index contributed by atoms with van der Waals surface area (Å²) in [5.41, 5.74) is 5.14. The molecule has 2 heterocycles. The van der Waals surface area contributed by atoms with E-state index < -0.39 is 49.4 Å². The van der Waals surface area contributed by atoms with Gasteiger partial charge >= 0.3 is 0 Å². The highest BCUT2D eigenvalue weighted by Gasteiger charge is 2.57. The molecule has 2 unspecified atom stereocenters. The molecule has 1 fully saturated rings. The molecule has 0 saturated heterocycles. The van der Waals surface area contributed by atoms with Crippen LogP contribution in [0, 0.1) is 11.6 Å². The number of hydrogen-bond donors (Lipinski definition) is 2. The Hall–Kier alpha value is -2.72. The lowest BCUT2D eigenvalue weighted by Crippen LogP contribution is -2.57. The van der Waals surface area contributed by atoms with Gasteiger partial charge in [-0.1, -0.05) is 6.07 Å². The molecule has 3 N–H and O–H groups in total. The number of aliphatic hydroxyl groups is 1. The van der Waals surface area contributed by atoms with Crippen molar-refractivity contribution in [2.75, 3.05) is 5.75 Å². The van der Waals surface area contributed by atoms with Gasteiger partial charge in [-0.15, -0.1) is 0 Å². The van der Waals surface area contributed by atoms with Gasteiger partial charge < -0.3 is 10.8 Å². The highest BCUT2D eigenvalue weighted by Crippen LogP contribution is 2.45. The molecule has 1 spiro atoms. The zero-order valence-electron chi connectivity index (χ0n) is 17.4. The molecule has 7 nitrogen and oxygen atoms in total. The third-order valence-corrected chi connectivity index (χ3v) is 9.05. The van der Waals surface area contributed by atoms with E-state index in [-0.39, 0.29) is 36.4 Å². The van der Waals surface area contributed by atoms with Crippen LogP contribution in [0.3, 0.4) is 0 Å². The van der Waals surface area contributed by atoms with Crippen molar-refractivity contribution < 1.29 is 27.1 Å².